The third-order valence-corrected chi connectivity index (χ3v) is 5.50. The number of likely N-dealkylation sites (tertiary alicyclic amines) is 1. The van der Waals surface area contributed by atoms with E-state index < -0.39 is 0 Å². The lowest BCUT2D eigenvalue weighted by Gasteiger charge is -2.23. The molecule has 2 heterocycles. The van der Waals surface area contributed by atoms with Crippen molar-refractivity contribution in [2.75, 3.05) is 11.9 Å². The molecule has 0 spiro atoms. The van der Waals surface area contributed by atoms with Crippen molar-refractivity contribution in [1.29, 1.82) is 0 Å². The van der Waals surface area contributed by atoms with Crippen molar-refractivity contribution in [2.45, 2.75) is 18.9 Å². The number of urea groups is 1. The molecule has 4 rings (SSSR count). The number of thiazole rings is 1. The van der Waals surface area contributed by atoms with Gasteiger partial charge in [-0.3, -0.25) is 0 Å². The van der Waals surface area contributed by atoms with Crippen molar-refractivity contribution < 1.29 is 13.6 Å². The van der Waals surface area contributed by atoms with Crippen molar-refractivity contribution in [3.05, 3.63) is 70.6 Å². The number of nitrogens with one attached hydrogen (secondary N) is 1. The predicted molar refractivity (Wildman–Crippen MR) is 102 cm³/mol. The first-order valence-corrected chi connectivity index (χ1v) is 9.53. The molecule has 7 heteroatoms. The Hall–Kier alpha value is -2.80. The van der Waals surface area contributed by atoms with Crippen molar-refractivity contribution in [1.82, 2.24) is 9.88 Å². The average molecular weight is 385 g/mol. The maximum absolute atomic E-state index is 13.1. The number of hydrogen-bond donors (Lipinski definition) is 1. The van der Waals surface area contributed by atoms with Gasteiger partial charge < -0.3 is 10.2 Å². The average Bonchev–Trinajstić information content (AvgIpc) is 3.33. The van der Waals surface area contributed by atoms with Gasteiger partial charge in [-0.25, -0.2) is 18.6 Å². The SMILES string of the molecule is O=C(Nc1ccc(F)cc1)N1CCCC1c1nc(-c2ccc(F)cc2)cs1. The molecule has 0 aliphatic carbocycles. The van der Waals surface area contributed by atoms with Crippen LogP contribution < -0.4 is 5.32 Å². The summed E-state index contributed by atoms with van der Waals surface area (Å²) in [6.45, 7) is 0.642. The van der Waals surface area contributed by atoms with E-state index in [0.717, 1.165) is 29.1 Å². The summed E-state index contributed by atoms with van der Waals surface area (Å²) in [5.74, 6) is -0.628. The normalized spacial score (nSPS) is 16.5. The molecule has 1 unspecified atom stereocenters. The van der Waals surface area contributed by atoms with Gasteiger partial charge >= 0.3 is 6.03 Å². The van der Waals surface area contributed by atoms with Crippen molar-refractivity contribution in [2.24, 2.45) is 0 Å². The Balaban J connectivity index is 1.50. The summed E-state index contributed by atoms with van der Waals surface area (Å²) in [5.41, 5.74) is 2.18. The monoisotopic (exact) mass is 385 g/mol. The van der Waals surface area contributed by atoms with Crippen LogP contribution >= 0.6 is 11.3 Å². The first-order valence-electron chi connectivity index (χ1n) is 8.65. The third kappa shape index (κ3) is 3.83. The van der Waals surface area contributed by atoms with Crippen LogP contribution in [0.5, 0.6) is 0 Å². The number of halogens is 2. The zero-order valence-electron chi connectivity index (χ0n) is 14.4. The molecule has 1 N–H and O–H groups in total. The molecule has 1 aliphatic rings. The Morgan fingerprint density at radius 3 is 2.44 bits per heavy atom. The summed E-state index contributed by atoms with van der Waals surface area (Å²) in [6, 6.07) is 11.6. The molecule has 138 valence electrons. The van der Waals surface area contributed by atoms with Gasteiger partial charge in [0.1, 0.15) is 16.6 Å². The van der Waals surface area contributed by atoms with Crippen molar-refractivity contribution in [3.63, 3.8) is 0 Å². The summed E-state index contributed by atoms with van der Waals surface area (Å²) in [6.07, 6.45) is 1.74. The highest BCUT2D eigenvalue weighted by atomic mass is 32.1. The third-order valence-electron chi connectivity index (χ3n) is 4.56. The van der Waals surface area contributed by atoms with E-state index in [2.05, 4.69) is 10.3 Å². The van der Waals surface area contributed by atoms with E-state index in [1.54, 1.807) is 17.0 Å². The zero-order chi connectivity index (χ0) is 18.8. The zero-order valence-corrected chi connectivity index (χ0v) is 15.2. The molecule has 1 atom stereocenters. The number of aromatic nitrogens is 1. The van der Waals surface area contributed by atoms with Crippen LogP contribution in [0.1, 0.15) is 23.9 Å². The topological polar surface area (TPSA) is 45.2 Å². The lowest BCUT2D eigenvalue weighted by molar-refractivity contribution is 0.207. The second-order valence-electron chi connectivity index (χ2n) is 6.37. The lowest BCUT2D eigenvalue weighted by Crippen LogP contribution is -2.34. The standard InChI is InChI=1S/C20H17F2N3OS/c21-14-5-3-13(4-6-14)17-12-27-19(24-17)18-2-1-11-25(18)20(26)23-16-9-7-15(22)8-10-16/h3-10,12,18H,1-2,11H2,(H,23,26). The Morgan fingerprint density at radius 2 is 1.74 bits per heavy atom. The first kappa shape index (κ1) is 17.6. The van der Waals surface area contributed by atoms with Crippen LogP contribution in [-0.4, -0.2) is 22.5 Å². The van der Waals surface area contributed by atoms with Gasteiger partial charge in [0.15, 0.2) is 0 Å². The van der Waals surface area contributed by atoms with Gasteiger partial charge in [0, 0.05) is 23.2 Å². The fraction of sp³-hybridized carbons (Fsp3) is 0.200. The highest BCUT2D eigenvalue weighted by Gasteiger charge is 2.32. The fourth-order valence-electron chi connectivity index (χ4n) is 3.19. The minimum Gasteiger partial charge on any atom is -0.315 e. The number of anilines is 1. The maximum Gasteiger partial charge on any atom is 0.322 e. The molecule has 0 bridgehead atoms. The Kier molecular flexibility index (Phi) is 4.85. The summed E-state index contributed by atoms with van der Waals surface area (Å²) in [4.78, 5) is 19.1. The van der Waals surface area contributed by atoms with Crippen LogP contribution in [0, 0.1) is 11.6 Å². The molecule has 1 fully saturated rings. The van der Waals surface area contributed by atoms with Crippen LogP contribution in [0.2, 0.25) is 0 Å². The number of amides is 2. The predicted octanol–water partition coefficient (Wildman–Crippen LogP) is 5.46. The number of carbonyl (C=O) groups is 1. The van der Waals surface area contributed by atoms with Crippen molar-refractivity contribution >= 4 is 23.1 Å². The molecule has 3 aromatic rings. The summed E-state index contributed by atoms with van der Waals surface area (Å²) < 4.78 is 26.1. The lowest BCUT2D eigenvalue weighted by atomic mass is 10.2. The molecule has 27 heavy (non-hydrogen) atoms. The van der Waals surface area contributed by atoms with Gasteiger partial charge in [-0.15, -0.1) is 11.3 Å². The molecule has 0 radical (unpaired) electrons. The van der Waals surface area contributed by atoms with Gasteiger partial charge in [0.2, 0.25) is 0 Å². The van der Waals surface area contributed by atoms with Crippen LogP contribution in [-0.2, 0) is 0 Å². The van der Waals surface area contributed by atoms with Crippen LogP contribution in [0.15, 0.2) is 53.9 Å². The van der Waals surface area contributed by atoms with E-state index in [0.29, 0.717) is 12.2 Å². The van der Waals surface area contributed by atoms with Crippen LogP contribution in [0.4, 0.5) is 19.3 Å². The van der Waals surface area contributed by atoms with E-state index in [-0.39, 0.29) is 23.7 Å². The Labute approximate surface area is 159 Å². The molecule has 1 saturated heterocycles. The van der Waals surface area contributed by atoms with E-state index in [4.69, 9.17) is 0 Å². The number of benzene rings is 2. The molecule has 1 aliphatic heterocycles. The highest BCUT2D eigenvalue weighted by Crippen LogP contribution is 2.36. The van der Waals surface area contributed by atoms with E-state index in [1.165, 1.54) is 47.7 Å². The molecule has 1 aromatic heterocycles. The molecular formula is C20H17F2N3OS. The Bertz CT molecular complexity index is 941. The van der Waals surface area contributed by atoms with Crippen LogP contribution in [0.25, 0.3) is 11.3 Å². The van der Waals surface area contributed by atoms with E-state index in [1.807, 2.05) is 5.38 Å². The van der Waals surface area contributed by atoms with Gasteiger partial charge in [-0.1, -0.05) is 0 Å². The number of nitrogens with zero attached hydrogens (tertiary/aromatic N) is 2. The summed E-state index contributed by atoms with van der Waals surface area (Å²) >= 11 is 1.50. The van der Waals surface area contributed by atoms with Gasteiger partial charge in [-0.05, 0) is 61.4 Å². The summed E-state index contributed by atoms with van der Waals surface area (Å²) in [5, 5.41) is 5.60. The molecule has 0 saturated carbocycles. The maximum atomic E-state index is 13.1. The van der Waals surface area contributed by atoms with E-state index in [9.17, 15) is 13.6 Å². The second kappa shape index (κ2) is 7.44. The van der Waals surface area contributed by atoms with E-state index >= 15 is 0 Å². The fourth-order valence-corrected chi connectivity index (χ4v) is 4.16. The smallest absolute Gasteiger partial charge is 0.315 e. The number of carbonyl (C=O) groups excluding carboxylic acids is 1. The number of hydrogen-bond acceptors (Lipinski definition) is 3. The minimum absolute atomic E-state index is 0.0929. The highest BCUT2D eigenvalue weighted by molar-refractivity contribution is 7.10. The van der Waals surface area contributed by atoms with Crippen LogP contribution in [0.3, 0.4) is 0 Å². The largest absolute Gasteiger partial charge is 0.322 e. The molecule has 2 amide bonds. The second-order valence-corrected chi connectivity index (χ2v) is 7.26. The van der Waals surface area contributed by atoms with Gasteiger partial charge in [-0.2, -0.15) is 0 Å². The summed E-state index contributed by atoms with van der Waals surface area (Å²) in [7, 11) is 0. The van der Waals surface area contributed by atoms with Crippen molar-refractivity contribution in [3.8, 4) is 11.3 Å². The quantitative estimate of drug-likeness (QED) is 0.651. The molecular weight excluding hydrogens is 368 g/mol. The molecule has 4 nitrogen and oxygen atoms in total. The number of rotatable bonds is 3. The van der Waals surface area contributed by atoms with Gasteiger partial charge in [0.05, 0.1) is 11.7 Å². The first-order chi connectivity index (χ1) is 13.1. The Morgan fingerprint density at radius 1 is 1.07 bits per heavy atom. The van der Waals surface area contributed by atoms with Gasteiger partial charge in [0.25, 0.3) is 0 Å². The minimum atomic E-state index is -0.344. The molecule has 2 aromatic carbocycles.